The third-order valence-electron chi connectivity index (χ3n) is 2.96. The minimum atomic E-state index is -3.48. The fourth-order valence-corrected chi connectivity index (χ4v) is 3.39. The Hall–Kier alpha value is -1.60. The molecule has 22 heavy (non-hydrogen) atoms. The highest BCUT2D eigenvalue weighted by Crippen LogP contribution is 2.25. The summed E-state index contributed by atoms with van der Waals surface area (Å²) in [5.41, 5.74) is 0.499. The quantitative estimate of drug-likeness (QED) is 0.801. The number of benzene rings is 1. The summed E-state index contributed by atoms with van der Waals surface area (Å²) < 4.78 is 34.7. The normalized spacial score (nSPS) is 11.9. The van der Waals surface area contributed by atoms with Crippen molar-refractivity contribution in [2.75, 3.05) is 7.11 Å². The maximum atomic E-state index is 12.3. The average Bonchev–Trinajstić information content (AvgIpc) is 2.86. The fourth-order valence-electron chi connectivity index (χ4n) is 1.90. The van der Waals surface area contributed by atoms with Gasteiger partial charge < -0.3 is 9.26 Å². The number of hydrogen-bond acceptors (Lipinski definition) is 6. The van der Waals surface area contributed by atoms with E-state index in [2.05, 4.69) is 10.1 Å². The van der Waals surface area contributed by atoms with Crippen LogP contribution in [0.15, 0.2) is 22.7 Å². The van der Waals surface area contributed by atoms with Gasteiger partial charge in [-0.15, -0.1) is 0 Å². The van der Waals surface area contributed by atoms with Gasteiger partial charge >= 0.3 is 0 Å². The number of rotatable bonds is 6. The zero-order valence-electron chi connectivity index (χ0n) is 12.5. The number of aromatic nitrogens is 2. The molecule has 0 radical (unpaired) electrons. The molecule has 2 aromatic rings. The van der Waals surface area contributed by atoms with Gasteiger partial charge in [0.1, 0.15) is 11.5 Å². The van der Waals surface area contributed by atoms with Crippen molar-refractivity contribution in [3.05, 3.63) is 40.5 Å². The Kier molecular flexibility index (Phi) is 5.08. The van der Waals surface area contributed by atoms with Crippen LogP contribution in [0.5, 0.6) is 5.75 Å². The first-order valence-corrected chi connectivity index (χ1v) is 8.86. The van der Waals surface area contributed by atoms with Gasteiger partial charge in [0.15, 0.2) is 15.7 Å². The molecular formula is C14H17ClN2O4S. The molecule has 120 valence electrons. The molecule has 0 aliphatic heterocycles. The summed E-state index contributed by atoms with van der Waals surface area (Å²) in [4.78, 5) is 4.08. The number of ether oxygens (including phenoxy) is 1. The second-order valence-corrected chi connectivity index (χ2v) is 7.69. The van der Waals surface area contributed by atoms with Crippen LogP contribution >= 0.6 is 11.6 Å². The van der Waals surface area contributed by atoms with Gasteiger partial charge in [0, 0.05) is 16.5 Å². The summed E-state index contributed by atoms with van der Waals surface area (Å²) in [6, 6.07) is 4.85. The van der Waals surface area contributed by atoms with Crippen molar-refractivity contribution >= 4 is 21.4 Å². The van der Waals surface area contributed by atoms with E-state index >= 15 is 0 Å². The van der Waals surface area contributed by atoms with Crippen molar-refractivity contribution in [1.29, 1.82) is 0 Å². The van der Waals surface area contributed by atoms with Crippen molar-refractivity contribution in [2.45, 2.75) is 31.3 Å². The van der Waals surface area contributed by atoms with E-state index in [9.17, 15) is 8.42 Å². The van der Waals surface area contributed by atoms with Gasteiger partial charge in [0.2, 0.25) is 5.89 Å². The van der Waals surface area contributed by atoms with Crippen LogP contribution in [0.25, 0.3) is 0 Å². The van der Waals surface area contributed by atoms with Crippen molar-refractivity contribution in [2.24, 2.45) is 0 Å². The van der Waals surface area contributed by atoms with Gasteiger partial charge in [-0.1, -0.05) is 30.6 Å². The van der Waals surface area contributed by atoms with E-state index in [4.69, 9.17) is 20.9 Å². The number of methoxy groups -OCH3 is 1. The van der Waals surface area contributed by atoms with E-state index in [1.54, 1.807) is 18.2 Å². The Morgan fingerprint density at radius 1 is 1.32 bits per heavy atom. The zero-order valence-corrected chi connectivity index (χ0v) is 14.1. The van der Waals surface area contributed by atoms with Crippen molar-refractivity contribution in [1.82, 2.24) is 10.1 Å². The highest BCUT2D eigenvalue weighted by molar-refractivity contribution is 7.89. The van der Waals surface area contributed by atoms with Crippen LogP contribution in [0.4, 0.5) is 0 Å². The molecule has 0 aliphatic rings. The van der Waals surface area contributed by atoms with Gasteiger partial charge in [0.25, 0.3) is 0 Å². The maximum absolute atomic E-state index is 12.3. The third kappa shape index (κ3) is 4.20. The predicted octanol–water partition coefficient (Wildman–Crippen LogP) is 2.97. The summed E-state index contributed by atoms with van der Waals surface area (Å²) >= 11 is 5.91. The molecule has 0 bridgehead atoms. The lowest BCUT2D eigenvalue weighted by Gasteiger charge is -2.08. The van der Waals surface area contributed by atoms with E-state index in [0.29, 0.717) is 22.2 Å². The lowest BCUT2D eigenvalue weighted by atomic mass is 10.2. The van der Waals surface area contributed by atoms with E-state index in [1.165, 1.54) is 7.11 Å². The van der Waals surface area contributed by atoms with Crippen molar-refractivity contribution in [3.63, 3.8) is 0 Å². The van der Waals surface area contributed by atoms with Crippen molar-refractivity contribution in [3.8, 4) is 5.75 Å². The lowest BCUT2D eigenvalue weighted by Crippen LogP contribution is -2.09. The summed E-state index contributed by atoms with van der Waals surface area (Å²) in [5, 5.41) is 4.21. The Labute approximate surface area is 134 Å². The highest BCUT2D eigenvalue weighted by atomic mass is 35.5. The molecular weight excluding hydrogens is 328 g/mol. The first-order chi connectivity index (χ1) is 10.3. The molecule has 8 heteroatoms. The fraction of sp³-hybridized carbons (Fsp3) is 0.429. The standard InChI is InChI=1S/C14H17ClN2O4S/c1-9(2)14-16-13(21-17-14)8-22(18,19)7-10-6-11(15)4-5-12(10)20-3/h4-6,9H,7-8H2,1-3H3. The lowest BCUT2D eigenvalue weighted by molar-refractivity contribution is 0.380. The third-order valence-corrected chi connectivity index (χ3v) is 4.63. The molecule has 0 N–H and O–H groups in total. The van der Waals surface area contributed by atoms with Crippen LogP contribution in [0.2, 0.25) is 5.02 Å². The van der Waals surface area contributed by atoms with Gasteiger partial charge in [-0.05, 0) is 18.2 Å². The second kappa shape index (κ2) is 6.66. The van der Waals surface area contributed by atoms with Gasteiger partial charge in [-0.25, -0.2) is 8.42 Å². The van der Waals surface area contributed by atoms with E-state index < -0.39 is 9.84 Å². The van der Waals surface area contributed by atoms with E-state index in [-0.39, 0.29) is 23.3 Å². The molecule has 0 amide bonds. The first-order valence-electron chi connectivity index (χ1n) is 6.66. The van der Waals surface area contributed by atoms with Crippen molar-refractivity contribution < 1.29 is 17.7 Å². The molecule has 6 nitrogen and oxygen atoms in total. The minimum Gasteiger partial charge on any atom is -0.496 e. The largest absolute Gasteiger partial charge is 0.496 e. The Morgan fingerprint density at radius 2 is 2.05 bits per heavy atom. The molecule has 1 heterocycles. The molecule has 0 atom stereocenters. The van der Waals surface area contributed by atoms with E-state index in [1.807, 2.05) is 13.8 Å². The molecule has 0 saturated heterocycles. The summed E-state index contributed by atoms with van der Waals surface area (Å²) in [5.74, 6) is 0.600. The summed E-state index contributed by atoms with van der Waals surface area (Å²) in [6.07, 6.45) is 0. The van der Waals surface area contributed by atoms with Crippen LogP contribution in [0.3, 0.4) is 0 Å². The minimum absolute atomic E-state index is 0.0771. The molecule has 0 aliphatic carbocycles. The van der Waals surface area contributed by atoms with Crippen LogP contribution in [-0.2, 0) is 21.3 Å². The van der Waals surface area contributed by atoms with Crippen LogP contribution in [0, 0.1) is 0 Å². The smallest absolute Gasteiger partial charge is 0.241 e. The van der Waals surface area contributed by atoms with Crippen LogP contribution < -0.4 is 4.74 Å². The maximum Gasteiger partial charge on any atom is 0.241 e. The number of halogens is 1. The Morgan fingerprint density at radius 3 is 2.64 bits per heavy atom. The number of hydrogen-bond donors (Lipinski definition) is 0. The highest BCUT2D eigenvalue weighted by Gasteiger charge is 2.21. The summed E-state index contributed by atoms with van der Waals surface area (Å²) in [7, 11) is -2.01. The van der Waals surface area contributed by atoms with Crippen LogP contribution in [0.1, 0.15) is 37.0 Å². The predicted molar refractivity (Wildman–Crippen MR) is 82.7 cm³/mol. The number of nitrogens with zero attached hydrogens (tertiary/aromatic N) is 2. The molecule has 1 aromatic carbocycles. The molecule has 0 saturated carbocycles. The second-order valence-electron chi connectivity index (χ2n) is 5.19. The molecule has 0 spiro atoms. The topological polar surface area (TPSA) is 82.3 Å². The SMILES string of the molecule is COc1ccc(Cl)cc1CS(=O)(=O)Cc1nc(C(C)C)no1. The Bertz CT molecular complexity index is 756. The average molecular weight is 345 g/mol. The zero-order chi connectivity index (χ0) is 16.3. The van der Waals surface area contributed by atoms with Gasteiger partial charge in [-0.3, -0.25) is 0 Å². The molecule has 2 rings (SSSR count). The molecule has 0 fully saturated rings. The molecule has 1 aromatic heterocycles. The summed E-state index contributed by atoms with van der Waals surface area (Å²) in [6.45, 7) is 3.81. The monoisotopic (exact) mass is 344 g/mol. The van der Waals surface area contributed by atoms with Crippen LogP contribution in [-0.4, -0.2) is 25.7 Å². The van der Waals surface area contributed by atoms with Gasteiger partial charge in [-0.2, -0.15) is 4.98 Å². The molecule has 0 unspecified atom stereocenters. The number of sulfone groups is 1. The van der Waals surface area contributed by atoms with E-state index in [0.717, 1.165) is 0 Å². The Balaban J connectivity index is 2.19. The van der Waals surface area contributed by atoms with Gasteiger partial charge in [0.05, 0.1) is 12.9 Å². The first kappa shape index (κ1) is 16.8.